The number of para-hydroxylation sites is 1. The lowest BCUT2D eigenvalue weighted by Gasteiger charge is -2.15. The van der Waals surface area contributed by atoms with Gasteiger partial charge in [0.05, 0.1) is 11.4 Å². The van der Waals surface area contributed by atoms with Crippen LogP contribution >= 0.6 is 0 Å². The highest BCUT2D eigenvalue weighted by Crippen LogP contribution is 2.39. The molecule has 1 aromatic heterocycles. The number of hydrogen-bond acceptors (Lipinski definition) is 4. The number of hydrogen-bond donors (Lipinski definition) is 1. The molecule has 138 valence electrons. The van der Waals surface area contributed by atoms with Crippen LogP contribution in [0.2, 0.25) is 0 Å². The van der Waals surface area contributed by atoms with Crippen LogP contribution in [-0.4, -0.2) is 34.3 Å². The molecule has 0 aliphatic heterocycles. The summed E-state index contributed by atoms with van der Waals surface area (Å²) in [5.74, 6) is -0.0820. The summed E-state index contributed by atoms with van der Waals surface area (Å²) in [6, 6.07) is 11.3. The minimum atomic E-state index is -0.857. The molecule has 3 rings (SSSR count). The van der Waals surface area contributed by atoms with Gasteiger partial charge in [-0.2, -0.15) is 5.10 Å². The molecular weight excluding hydrogens is 330 g/mol. The normalized spacial score (nSPS) is 14.9. The molecule has 0 unspecified atom stereocenters. The molecule has 26 heavy (non-hydrogen) atoms. The third-order valence-corrected chi connectivity index (χ3v) is 4.27. The lowest BCUT2D eigenvalue weighted by atomic mass is 10.2. The Balaban J connectivity index is 1.77. The lowest BCUT2D eigenvalue weighted by molar-refractivity contribution is -0.129. The van der Waals surface area contributed by atoms with Crippen LogP contribution < -0.4 is 5.32 Å². The second kappa shape index (κ2) is 7.72. The summed E-state index contributed by atoms with van der Waals surface area (Å²) in [4.78, 5) is 24.8. The summed E-state index contributed by atoms with van der Waals surface area (Å²) in [6.07, 6.45) is 1.33. The Morgan fingerprint density at radius 3 is 2.54 bits per heavy atom. The van der Waals surface area contributed by atoms with E-state index in [0.29, 0.717) is 24.1 Å². The number of aromatic nitrogens is 2. The van der Waals surface area contributed by atoms with Crippen LogP contribution in [0, 0.1) is 5.92 Å². The molecule has 6 heteroatoms. The Morgan fingerprint density at radius 2 is 1.92 bits per heavy atom. The zero-order valence-corrected chi connectivity index (χ0v) is 15.4. The van der Waals surface area contributed by atoms with Gasteiger partial charge in [-0.05, 0) is 43.9 Å². The first-order valence-electron chi connectivity index (χ1n) is 9.09. The number of rotatable bonds is 7. The van der Waals surface area contributed by atoms with Crippen LogP contribution in [0.3, 0.4) is 0 Å². The van der Waals surface area contributed by atoms with E-state index >= 15 is 0 Å². The molecule has 0 spiro atoms. The maximum Gasteiger partial charge on any atom is 0.357 e. The second-order valence-corrected chi connectivity index (χ2v) is 7.16. The maximum absolute atomic E-state index is 12.7. The molecule has 1 fully saturated rings. The summed E-state index contributed by atoms with van der Waals surface area (Å²) < 4.78 is 7.00. The number of esters is 1. The Bertz CT molecular complexity index is 779. The van der Waals surface area contributed by atoms with Crippen molar-refractivity contribution in [2.75, 3.05) is 6.54 Å². The van der Waals surface area contributed by atoms with Gasteiger partial charge in [-0.1, -0.05) is 32.0 Å². The van der Waals surface area contributed by atoms with E-state index in [1.165, 1.54) is 0 Å². The number of nitrogens with zero attached hydrogens (tertiary/aromatic N) is 2. The third kappa shape index (κ3) is 4.31. The van der Waals surface area contributed by atoms with Gasteiger partial charge in [0.25, 0.3) is 5.91 Å². The van der Waals surface area contributed by atoms with Crippen molar-refractivity contribution in [1.82, 2.24) is 15.1 Å². The molecule has 2 aromatic rings. The number of amides is 1. The maximum atomic E-state index is 12.7. The number of carbonyl (C=O) groups excluding carboxylic acids is 2. The van der Waals surface area contributed by atoms with E-state index in [1.807, 2.05) is 44.2 Å². The Kier molecular flexibility index (Phi) is 5.40. The molecule has 1 N–H and O–H groups in total. The van der Waals surface area contributed by atoms with Crippen molar-refractivity contribution in [2.24, 2.45) is 5.92 Å². The fraction of sp³-hybridized carbons (Fsp3) is 0.450. The van der Waals surface area contributed by atoms with Crippen molar-refractivity contribution in [2.45, 2.75) is 45.6 Å². The van der Waals surface area contributed by atoms with Gasteiger partial charge in [0.15, 0.2) is 11.8 Å². The average molecular weight is 355 g/mol. The van der Waals surface area contributed by atoms with Crippen LogP contribution in [0.5, 0.6) is 0 Å². The fourth-order valence-electron chi connectivity index (χ4n) is 2.61. The van der Waals surface area contributed by atoms with Crippen LogP contribution in [0.25, 0.3) is 5.69 Å². The molecule has 1 aliphatic rings. The number of carbonyl (C=O) groups is 2. The molecule has 0 saturated heterocycles. The minimum absolute atomic E-state index is 0.291. The molecule has 1 saturated carbocycles. The van der Waals surface area contributed by atoms with E-state index in [1.54, 1.807) is 17.7 Å². The van der Waals surface area contributed by atoms with Gasteiger partial charge < -0.3 is 10.1 Å². The summed E-state index contributed by atoms with van der Waals surface area (Å²) in [5, 5.41) is 7.37. The predicted octanol–water partition coefficient (Wildman–Crippen LogP) is 3.07. The molecule has 6 nitrogen and oxygen atoms in total. The molecule has 0 bridgehead atoms. The number of ether oxygens (including phenoxy) is 1. The zero-order chi connectivity index (χ0) is 18.7. The number of benzene rings is 1. The van der Waals surface area contributed by atoms with Gasteiger partial charge in [0, 0.05) is 12.5 Å². The largest absolute Gasteiger partial charge is 0.448 e. The molecule has 1 aliphatic carbocycles. The standard InChI is InChI=1S/C20H25N3O3/c1-13(2)12-21-19(24)14(3)26-20(25)18-11-17(15-9-10-15)22-23(18)16-7-5-4-6-8-16/h4-8,11,13-15H,9-10,12H2,1-3H3,(H,21,24)/t14-/m1/s1. The van der Waals surface area contributed by atoms with Crippen molar-refractivity contribution >= 4 is 11.9 Å². The average Bonchev–Trinajstić information content (AvgIpc) is 3.38. The summed E-state index contributed by atoms with van der Waals surface area (Å²) in [7, 11) is 0. The van der Waals surface area contributed by atoms with Crippen LogP contribution in [0.15, 0.2) is 36.4 Å². The quantitative estimate of drug-likeness (QED) is 0.775. The minimum Gasteiger partial charge on any atom is -0.448 e. The summed E-state index contributed by atoms with van der Waals surface area (Å²) in [5.41, 5.74) is 2.04. The van der Waals surface area contributed by atoms with E-state index in [2.05, 4.69) is 10.4 Å². The van der Waals surface area contributed by atoms with E-state index in [4.69, 9.17) is 4.74 Å². The fourth-order valence-corrected chi connectivity index (χ4v) is 2.61. The third-order valence-electron chi connectivity index (χ3n) is 4.27. The number of nitrogens with one attached hydrogen (secondary N) is 1. The van der Waals surface area contributed by atoms with E-state index in [0.717, 1.165) is 24.2 Å². The molecule has 1 aromatic carbocycles. The smallest absolute Gasteiger partial charge is 0.357 e. The highest BCUT2D eigenvalue weighted by atomic mass is 16.5. The molecule has 1 atom stereocenters. The van der Waals surface area contributed by atoms with Gasteiger partial charge in [0.2, 0.25) is 0 Å². The Labute approximate surface area is 153 Å². The topological polar surface area (TPSA) is 73.2 Å². The molecule has 1 amide bonds. The Morgan fingerprint density at radius 1 is 1.23 bits per heavy atom. The van der Waals surface area contributed by atoms with E-state index < -0.39 is 12.1 Å². The monoisotopic (exact) mass is 355 g/mol. The van der Waals surface area contributed by atoms with Gasteiger partial charge in [-0.3, -0.25) is 4.79 Å². The van der Waals surface area contributed by atoms with Crippen molar-refractivity contribution in [3.8, 4) is 5.69 Å². The first-order chi connectivity index (χ1) is 12.5. The molecule has 1 heterocycles. The van der Waals surface area contributed by atoms with Crippen molar-refractivity contribution in [3.63, 3.8) is 0 Å². The van der Waals surface area contributed by atoms with Crippen molar-refractivity contribution < 1.29 is 14.3 Å². The van der Waals surface area contributed by atoms with Gasteiger partial charge >= 0.3 is 5.97 Å². The van der Waals surface area contributed by atoms with Gasteiger partial charge in [0.1, 0.15) is 0 Å². The van der Waals surface area contributed by atoms with Crippen molar-refractivity contribution in [1.29, 1.82) is 0 Å². The summed E-state index contributed by atoms with van der Waals surface area (Å²) >= 11 is 0. The lowest BCUT2D eigenvalue weighted by Crippen LogP contribution is -2.37. The van der Waals surface area contributed by atoms with Crippen LogP contribution in [-0.2, 0) is 9.53 Å². The summed E-state index contributed by atoms with van der Waals surface area (Å²) in [6.45, 7) is 6.15. The first-order valence-corrected chi connectivity index (χ1v) is 9.09. The van der Waals surface area contributed by atoms with Gasteiger partial charge in [-0.25, -0.2) is 9.48 Å². The predicted molar refractivity (Wildman–Crippen MR) is 98.3 cm³/mol. The molecule has 0 radical (unpaired) electrons. The SMILES string of the molecule is CC(C)CNC(=O)[C@@H](C)OC(=O)c1cc(C2CC2)nn1-c1ccccc1. The molecular formula is C20H25N3O3. The van der Waals surface area contributed by atoms with E-state index in [9.17, 15) is 9.59 Å². The van der Waals surface area contributed by atoms with Crippen LogP contribution in [0.4, 0.5) is 0 Å². The van der Waals surface area contributed by atoms with Gasteiger partial charge in [-0.15, -0.1) is 0 Å². The Hall–Kier alpha value is -2.63. The van der Waals surface area contributed by atoms with E-state index in [-0.39, 0.29) is 5.91 Å². The second-order valence-electron chi connectivity index (χ2n) is 7.16. The first kappa shape index (κ1) is 18.2. The zero-order valence-electron chi connectivity index (χ0n) is 15.4. The van der Waals surface area contributed by atoms with Crippen LogP contribution in [0.1, 0.15) is 55.7 Å². The highest BCUT2D eigenvalue weighted by Gasteiger charge is 2.30. The van der Waals surface area contributed by atoms with Crippen molar-refractivity contribution in [3.05, 3.63) is 47.8 Å². The highest BCUT2D eigenvalue weighted by molar-refractivity contribution is 5.91.